The smallest absolute Gasteiger partial charge is 0.388 e. The molecule has 2 N–H and O–H groups in total. The number of carbonyl (C=O) groups excluding carboxylic acids is 1. The molecule has 1 aromatic carbocycles. The summed E-state index contributed by atoms with van der Waals surface area (Å²) in [5, 5.41) is 13.4. The average Bonchev–Trinajstić information content (AvgIpc) is 3.07. The maximum atomic E-state index is 13.0. The van der Waals surface area contributed by atoms with E-state index in [1.165, 1.54) is 12.1 Å². The number of carbonyl (C=O) groups is 1. The molecule has 0 spiro atoms. The van der Waals surface area contributed by atoms with Gasteiger partial charge in [-0.15, -0.1) is 0 Å². The lowest BCUT2D eigenvalue weighted by molar-refractivity contribution is -0.137. The summed E-state index contributed by atoms with van der Waals surface area (Å²) in [5.74, 6) is -0.0588. The number of anilines is 1. The number of amides is 1. The normalized spacial score (nSPS) is 25.1. The highest BCUT2D eigenvalue weighted by Gasteiger charge is 2.38. The van der Waals surface area contributed by atoms with Crippen LogP contribution in [-0.4, -0.2) is 73.5 Å². The molecule has 0 radical (unpaired) electrons. The van der Waals surface area contributed by atoms with Crippen LogP contribution in [0, 0.1) is 0 Å². The van der Waals surface area contributed by atoms with Crippen molar-refractivity contribution < 1.29 is 27.8 Å². The Kier molecular flexibility index (Phi) is 8.18. The quantitative estimate of drug-likeness (QED) is 0.605. The summed E-state index contributed by atoms with van der Waals surface area (Å²) in [4.78, 5) is 16.1. The van der Waals surface area contributed by atoms with E-state index in [1.54, 1.807) is 6.07 Å². The molecule has 0 aliphatic carbocycles. The first-order valence-corrected chi connectivity index (χ1v) is 11.0. The molecule has 0 saturated carbocycles. The summed E-state index contributed by atoms with van der Waals surface area (Å²) in [6, 6.07) is 5.00. The van der Waals surface area contributed by atoms with Crippen LogP contribution in [0.25, 0.3) is 0 Å². The van der Waals surface area contributed by atoms with Crippen molar-refractivity contribution in [3.05, 3.63) is 29.8 Å². The third-order valence-electron chi connectivity index (χ3n) is 5.99. The van der Waals surface area contributed by atoms with E-state index >= 15 is 0 Å². The van der Waals surface area contributed by atoms with E-state index in [0.29, 0.717) is 44.8 Å². The number of unbranched alkanes of at least 4 members (excludes halogenated alkanes) is 2. The van der Waals surface area contributed by atoms with Gasteiger partial charge in [0.05, 0.1) is 24.3 Å². The molecule has 2 aliphatic rings. The van der Waals surface area contributed by atoms with E-state index in [1.807, 2.05) is 4.90 Å². The zero-order valence-corrected chi connectivity index (χ0v) is 17.9. The second-order valence-corrected chi connectivity index (χ2v) is 8.33. The van der Waals surface area contributed by atoms with Crippen LogP contribution in [0.3, 0.4) is 0 Å². The summed E-state index contributed by atoms with van der Waals surface area (Å²) in [7, 11) is 0. The number of aliphatic hydroxyl groups excluding tert-OH is 1. The summed E-state index contributed by atoms with van der Waals surface area (Å²) < 4.78 is 44.6. The van der Waals surface area contributed by atoms with Gasteiger partial charge >= 0.3 is 6.18 Å². The third-order valence-corrected chi connectivity index (χ3v) is 5.99. The number of nitrogens with zero attached hydrogens (tertiary/aromatic N) is 2. The molecule has 2 saturated heterocycles. The lowest BCUT2D eigenvalue weighted by Gasteiger charge is -2.37. The minimum Gasteiger partial charge on any atom is -0.388 e. The molecule has 2 fully saturated rings. The first kappa shape index (κ1) is 23.8. The van der Waals surface area contributed by atoms with Crippen molar-refractivity contribution in [2.24, 2.45) is 0 Å². The number of hydrogen-bond donors (Lipinski definition) is 2. The Hall–Kier alpha value is -1.84. The van der Waals surface area contributed by atoms with Crippen LogP contribution in [0.15, 0.2) is 24.3 Å². The minimum absolute atomic E-state index is 0.0588. The van der Waals surface area contributed by atoms with Gasteiger partial charge in [0.2, 0.25) is 5.91 Å². The maximum Gasteiger partial charge on any atom is 0.416 e. The molecule has 3 atom stereocenters. The molecule has 2 heterocycles. The summed E-state index contributed by atoms with van der Waals surface area (Å²) in [6.45, 7) is 5.42. The van der Waals surface area contributed by atoms with E-state index in [4.69, 9.17) is 4.74 Å². The van der Waals surface area contributed by atoms with Crippen LogP contribution in [0.4, 0.5) is 18.9 Å². The van der Waals surface area contributed by atoms with Crippen LogP contribution >= 0.6 is 0 Å². The van der Waals surface area contributed by atoms with Gasteiger partial charge in [0.25, 0.3) is 0 Å². The molecule has 1 aromatic rings. The minimum atomic E-state index is -4.35. The molecule has 31 heavy (non-hydrogen) atoms. The average molecular weight is 444 g/mol. The molecule has 9 heteroatoms. The Balaban J connectivity index is 1.44. The van der Waals surface area contributed by atoms with Crippen molar-refractivity contribution in [3.8, 4) is 0 Å². The number of halogens is 3. The second kappa shape index (κ2) is 10.7. The van der Waals surface area contributed by atoms with Gasteiger partial charge in [0.15, 0.2) is 0 Å². The molecule has 2 aliphatic heterocycles. The van der Waals surface area contributed by atoms with Crippen LogP contribution < -0.4 is 10.2 Å². The first-order chi connectivity index (χ1) is 14.8. The fraction of sp³-hybridized carbons (Fsp3) is 0.682. The molecule has 1 amide bonds. The highest BCUT2D eigenvalue weighted by atomic mass is 19.4. The Morgan fingerprint density at radius 3 is 2.65 bits per heavy atom. The molecular weight excluding hydrogens is 411 g/mol. The first-order valence-electron chi connectivity index (χ1n) is 11.0. The number of aliphatic hydroxyl groups is 1. The van der Waals surface area contributed by atoms with E-state index in [0.717, 1.165) is 25.3 Å². The monoisotopic (exact) mass is 443 g/mol. The number of piperazine rings is 1. The Bertz CT molecular complexity index is 723. The van der Waals surface area contributed by atoms with Crippen molar-refractivity contribution in [2.75, 3.05) is 44.2 Å². The highest BCUT2D eigenvalue weighted by molar-refractivity contribution is 5.76. The predicted octanol–water partition coefficient (Wildman–Crippen LogP) is 2.65. The third kappa shape index (κ3) is 6.57. The summed E-state index contributed by atoms with van der Waals surface area (Å²) >= 11 is 0. The van der Waals surface area contributed by atoms with E-state index in [2.05, 4.69) is 17.1 Å². The fourth-order valence-electron chi connectivity index (χ4n) is 4.11. The van der Waals surface area contributed by atoms with Gasteiger partial charge in [-0.25, -0.2) is 0 Å². The number of alkyl halides is 3. The molecule has 0 unspecified atom stereocenters. The summed E-state index contributed by atoms with van der Waals surface area (Å²) in [5.41, 5.74) is -0.0739. The van der Waals surface area contributed by atoms with Crippen molar-refractivity contribution in [1.29, 1.82) is 0 Å². The topological polar surface area (TPSA) is 65.0 Å². The zero-order chi connectivity index (χ0) is 22.4. The van der Waals surface area contributed by atoms with Crippen LogP contribution in [0.2, 0.25) is 0 Å². The fourth-order valence-corrected chi connectivity index (χ4v) is 4.11. The standard InChI is InChI=1S/C22H32F3N3O3/c1-2-3-4-8-20(29)26-18-15-31-19(21(18)30)14-27-9-11-28(12-10-27)17-7-5-6-16(13-17)22(23,24)25/h5-7,13,18-19,21,30H,2-4,8-12,14-15H2,1H3,(H,26,29)/t18-,19-,21+/m0/s1. The largest absolute Gasteiger partial charge is 0.416 e. The molecule has 0 bridgehead atoms. The van der Waals surface area contributed by atoms with E-state index in [9.17, 15) is 23.1 Å². The van der Waals surface area contributed by atoms with Gasteiger partial charge in [0.1, 0.15) is 6.10 Å². The lowest BCUT2D eigenvalue weighted by Crippen LogP contribution is -2.51. The SMILES string of the molecule is CCCCCC(=O)N[C@H]1CO[C@@H](CN2CCN(c3cccc(C(F)(F)F)c3)CC2)[C@@H]1O. The Labute approximate surface area is 181 Å². The van der Waals surface area contributed by atoms with Crippen molar-refractivity contribution in [3.63, 3.8) is 0 Å². The number of nitrogens with one attached hydrogen (secondary N) is 1. The number of ether oxygens (including phenoxy) is 1. The van der Waals surface area contributed by atoms with Crippen LogP contribution in [0.1, 0.15) is 38.2 Å². The molecule has 0 aromatic heterocycles. The van der Waals surface area contributed by atoms with Crippen LogP contribution in [0.5, 0.6) is 0 Å². The van der Waals surface area contributed by atoms with Gasteiger partial charge in [-0.2, -0.15) is 13.2 Å². The van der Waals surface area contributed by atoms with Gasteiger partial charge < -0.3 is 20.1 Å². The van der Waals surface area contributed by atoms with Crippen molar-refractivity contribution in [1.82, 2.24) is 10.2 Å². The van der Waals surface area contributed by atoms with E-state index in [-0.39, 0.29) is 18.6 Å². The van der Waals surface area contributed by atoms with Crippen molar-refractivity contribution >= 4 is 11.6 Å². The van der Waals surface area contributed by atoms with Gasteiger partial charge in [-0.1, -0.05) is 25.8 Å². The number of hydrogen-bond acceptors (Lipinski definition) is 5. The maximum absolute atomic E-state index is 13.0. The van der Waals surface area contributed by atoms with Crippen molar-refractivity contribution in [2.45, 2.75) is 57.0 Å². The molecule has 6 nitrogen and oxygen atoms in total. The molecular formula is C22H32F3N3O3. The van der Waals surface area contributed by atoms with E-state index < -0.39 is 23.9 Å². The van der Waals surface area contributed by atoms with Gasteiger partial charge in [-0.3, -0.25) is 9.69 Å². The Morgan fingerprint density at radius 2 is 1.97 bits per heavy atom. The Morgan fingerprint density at radius 1 is 1.23 bits per heavy atom. The summed E-state index contributed by atoms with van der Waals surface area (Å²) in [6.07, 6.45) is -2.16. The lowest BCUT2D eigenvalue weighted by atomic mass is 10.1. The van der Waals surface area contributed by atoms with Crippen LogP contribution in [-0.2, 0) is 15.7 Å². The second-order valence-electron chi connectivity index (χ2n) is 8.33. The van der Waals surface area contributed by atoms with Gasteiger partial charge in [0, 0.05) is 44.8 Å². The number of rotatable bonds is 8. The number of benzene rings is 1. The zero-order valence-electron chi connectivity index (χ0n) is 17.9. The van der Waals surface area contributed by atoms with Gasteiger partial charge in [-0.05, 0) is 24.6 Å². The predicted molar refractivity (Wildman–Crippen MR) is 112 cm³/mol. The molecule has 174 valence electrons. The molecule has 3 rings (SSSR count). The highest BCUT2D eigenvalue weighted by Crippen LogP contribution is 2.32.